The summed E-state index contributed by atoms with van der Waals surface area (Å²) < 4.78 is 2.29. The maximum absolute atomic E-state index is 12.4. The zero-order valence-corrected chi connectivity index (χ0v) is 12.0. The van der Waals surface area contributed by atoms with Gasteiger partial charge in [0, 0.05) is 10.0 Å². The van der Waals surface area contributed by atoms with E-state index in [4.69, 9.17) is 5.73 Å². The van der Waals surface area contributed by atoms with Crippen LogP contribution in [0.15, 0.2) is 57.8 Å². The molecular weight excluding hydrogens is 320 g/mol. The number of para-hydroxylation sites is 2. The lowest BCUT2D eigenvalue weighted by molar-refractivity contribution is 0.787. The number of nitrogens with zero attached hydrogens (tertiary/aromatic N) is 2. The Morgan fingerprint density at radius 2 is 1.80 bits per heavy atom. The van der Waals surface area contributed by atoms with E-state index in [9.17, 15) is 4.79 Å². The van der Waals surface area contributed by atoms with Crippen LogP contribution >= 0.6 is 15.9 Å². The van der Waals surface area contributed by atoms with E-state index in [1.165, 1.54) is 4.68 Å². The standard InChI is InChI=1S/C14H11BrN4O/c15-10-7-5-9(6-8-10)13-14(20)19(18-17-13)12-4-2-1-3-11(12)16/h1-8,18H,16H2. The summed E-state index contributed by atoms with van der Waals surface area (Å²) >= 11 is 3.36. The number of hydrogen-bond acceptors (Lipinski definition) is 3. The molecule has 1 aromatic heterocycles. The number of halogens is 1. The van der Waals surface area contributed by atoms with Gasteiger partial charge in [-0.2, -0.15) is 9.78 Å². The number of nitrogens with two attached hydrogens (primary N) is 1. The SMILES string of the molecule is Nc1ccccc1-n1[nH]nc(-c2ccc(Br)cc2)c1=O. The quantitative estimate of drug-likeness (QED) is 0.709. The Kier molecular flexibility index (Phi) is 3.15. The topological polar surface area (TPSA) is 76.7 Å². The van der Waals surface area contributed by atoms with Crippen molar-refractivity contribution in [2.45, 2.75) is 0 Å². The van der Waals surface area contributed by atoms with Gasteiger partial charge in [-0.05, 0) is 24.3 Å². The zero-order valence-electron chi connectivity index (χ0n) is 10.4. The summed E-state index contributed by atoms with van der Waals surface area (Å²) in [6.45, 7) is 0. The molecule has 3 rings (SSSR count). The van der Waals surface area contributed by atoms with Crippen molar-refractivity contribution in [2.75, 3.05) is 5.73 Å². The molecule has 20 heavy (non-hydrogen) atoms. The van der Waals surface area contributed by atoms with Crippen molar-refractivity contribution in [3.8, 4) is 16.9 Å². The lowest BCUT2D eigenvalue weighted by atomic mass is 10.2. The monoisotopic (exact) mass is 330 g/mol. The van der Waals surface area contributed by atoms with Gasteiger partial charge in [-0.25, -0.2) is 5.21 Å². The number of nitrogen functional groups attached to an aromatic ring is 1. The van der Waals surface area contributed by atoms with Gasteiger partial charge in [-0.15, -0.1) is 0 Å². The number of nitrogens with one attached hydrogen (secondary N) is 1. The van der Waals surface area contributed by atoms with Crippen LogP contribution in [-0.2, 0) is 0 Å². The van der Waals surface area contributed by atoms with Crippen molar-refractivity contribution >= 4 is 21.6 Å². The minimum Gasteiger partial charge on any atom is -0.397 e. The molecule has 3 aromatic rings. The highest BCUT2D eigenvalue weighted by Gasteiger charge is 2.12. The Balaban J connectivity index is 2.12. The predicted octanol–water partition coefficient (Wildman–Crippen LogP) is 2.57. The van der Waals surface area contributed by atoms with Crippen LogP contribution in [0, 0.1) is 0 Å². The number of hydrogen-bond donors (Lipinski definition) is 2. The minimum absolute atomic E-state index is 0.231. The lowest BCUT2D eigenvalue weighted by Gasteiger charge is -2.03. The zero-order chi connectivity index (χ0) is 14.1. The van der Waals surface area contributed by atoms with E-state index in [0.717, 1.165) is 10.0 Å². The third-order valence-corrected chi connectivity index (χ3v) is 3.49. The third-order valence-electron chi connectivity index (χ3n) is 2.96. The van der Waals surface area contributed by atoms with Crippen LogP contribution in [0.5, 0.6) is 0 Å². The van der Waals surface area contributed by atoms with Crippen LogP contribution in [0.3, 0.4) is 0 Å². The van der Waals surface area contributed by atoms with E-state index in [1.54, 1.807) is 12.1 Å². The molecule has 5 nitrogen and oxygen atoms in total. The second kappa shape index (κ2) is 4.97. The number of H-pyrrole nitrogens is 1. The molecule has 0 atom stereocenters. The predicted molar refractivity (Wildman–Crippen MR) is 81.7 cm³/mol. The molecule has 1 heterocycles. The van der Waals surface area contributed by atoms with E-state index in [0.29, 0.717) is 17.1 Å². The number of anilines is 1. The first-order valence-electron chi connectivity index (χ1n) is 5.95. The van der Waals surface area contributed by atoms with Gasteiger partial charge >= 0.3 is 0 Å². The van der Waals surface area contributed by atoms with Crippen LogP contribution in [-0.4, -0.2) is 15.0 Å². The summed E-state index contributed by atoms with van der Waals surface area (Å²) in [6, 6.07) is 14.5. The van der Waals surface area contributed by atoms with Gasteiger partial charge in [0.05, 0.1) is 11.4 Å². The van der Waals surface area contributed by atoms with Crippen LogP contribution in [0.2, 0.25) is 0 Å². The summed E-state index contributed by atoms with van der Waals surface area (Å²) in [5.41, 5.74) is 7.86. The van der Waals surface area contributed by atoms with Gasteiger partial charge in [0.15, 0.2) is 5.69 Å². The van der Waals surface area contributed by atoms with Gasteiger partial charge < -0.3 is 5.73 Å². The summed E-state index contributed by atoms with van der Waals surface area (Å²) in [4.78, 5) is 12.4. The molecule has 0 fully saturated rings. The molecule has 100 valence electrons. The first-order chi connectivity index (χ1) is 9.66. The number of aromatic nitrogens is 3. The van der Waals surface area contributed by atoms with Crippen molar-refractivity contribution in [1.82, 2.24) is 15.0 Å². The molecule has 0 spiro atoms. The first-order valence-corrected chi connectivity index (χ1v) is 6.74. The van der Waals surface area contributed by atoms with Crippen LogP contribution in [0.4, 0.5) is 5.69 Å². The van der Waals surface area contributed by atoms with E-state index in [-0.39, 0.29) is 5.56 Å². The molecule has 0 radical (unpaired) electrons. The molecule has 0 aliphatic heterocycles. The molecule has 2 aromatic carbocycles. The largest absolute Gasteiger partial charge is 0.397 e. The highest BCUT2D eigenvalue weighted by atomic mass is 79.9. The van der Waals surface area contributed by atoms with Crippen LogP contribution in [0.25, 0.3) is 16.9 Å². The van der Waals surface area contributed by atoms with Crippen molar-refractivity contribution in [3.05, 3.63) is 63.4 Å². The smallest absolute Gasteiger partial charge is 0.299 e. The summed E-state index contributed by atoms with van der Waals surface area (Å²) in [6.07, 6.45) is 0. The fraction of sp³-hybridized carbons (Fsp3) is 0. The van der Waals surface area contributed by atoms with E-state index in [1.807, 2.05) is 36.4 Å². The Labute approximate surface area is 123 Å². The van der Waals surface area contributed by atoms with Crippen molar-refractivity contribution in [2.24, 2.45) is 0 Å². The average Bonchev–Trinajstić information content (AvgIpc) is 2.82. The first kappa shape index (κ1) is 12.7. The van der Waals surface area contributed by atoms with Crippen molar-refractivity contribution in [1.29, 1.82) is 0 Å². The highest BCUT2D eigenvalue weighted by molar-refractivity contribution is 9.10. The fourth-order valence-electron chi connectivity index (χ4n) is 1.95. The fourth-order valence-corrected chi connectivity index (χ4v) is 2.21. The average molecular weight is 331 g/mol. The maximum Gasteiger partial charge on any atom is 0.299 e. The van der Waals surface area contributed by atoms with Gasteiger partial charge in [-0.3, -0.25) is 4.79 Å². The third kappa shape index (κ3) is 2.14. The van der Waals surface area contributed by atoms with Crippen LogP contribution in [0.1, 0.15) is 0 Å². The number of benzene rings is 2. The Bertz CT molecular complexity index is 805. The number of rotatable bonds is 2. The van der Waals surface area contributed by atoms with Gasteiger partial charge in [0.2, 0.25) is 0 Å². The van der Waals surface area contributed by atoms with Gasteiger partial charge in [-0.1, -0.05) is 40.2 Å². The molecular formula is C14H11BrN4O. The molecule has 0 saturated heterocycles. The maximum atomic E-state index is 12.4. The molecule has 0 aliphatic carbocycles. The molecule has 0 unspecified atom stereocenters. The van der Waals surface area contributed by atoms with E-state index >= 15 is 0 Å². The number of aromatic amines is 1. The second-order valence-electron chi connectivity index (χ2n) is 4.27. The van der Waals surface area contributed by atoms with E-state index < -0.39 is 0 Å². The van der Waals surface area contributed by atoms with Crippen molar-refractivity contribution in [3.63, 3.8) is 0 Å². The lowest BCUT2D eigenvalue weighted by Crippen LogP contribution is -2.16. The van der Waals surface area contributed by atoms with Crippen molar-refractivity contribution < 1.29 is 0 Å². The minimum atomic E-state index is -0.231. The second-order valence-corrected chi connectivity index (χ2v) is 5.18. The summed E-state index contributed by atoms with van der Waals surface area (Å²) in [7, 11) is 0. The Morgan fingerprint density at radius 1 is 1.10 bits per heavy atom. The highest BCUT2D eigenvalue weighted by Crippen LogP contribution is 2.18. The normalized spacial score (nSPS) is 10.7. The van der Waals surface area contributed by atoms with Gasteiger partial charge in [0.25, 0.3) is 5.56 Å². The molecule has 0 aliphatic rings. The summed E-state index contributed by atoms with van der Waals surface area (Å²) in [5.74, 6) is 0. The molecule has 3 N–H and O–H groups in total. The van der Waals surface area contributed by atoms with Gasteiger partial charge in [0.1, 0.15) is 0 Å². The Morgan fingerprint density at radius 3 is 2.50 bits per heavy atom. The molecule has 0 saturated carbocycles. The molecule has 6 heteroatoms. The Hall–Kier alpha value is -2.34. The van der Waals surface area contributed by atoms with E-state index in [2.05, 4.69) is 26.2 Å². The summed E-state index contributed by atoms with van der Waals surface area (Å²) in [5, 5.41) is 6.79. The molecule has 0 bridgehead atoms. The molecule has 0 amide bonds. The van der Waals surface area contributed by atoms with Crippen LogP contribution < -0.4 is 11.3 Å².